The molecule has 0 radical (unpaired) electrons. The molecule has 0 fully saturated rings. The first-order valence-electron chi connectivity index (χ1n) is 5.96. The zero-order valence-corrected chi connectivity index (χ0v) is 10.2. The van der Waals surface area contributed by atoms with E-state index in [0.717, 1.165) is 30.8 Å². The Morgan fingerprint density at radius 2 is 2.41 bits per heavy atom. The number of furan rings is 1. The van der Waals surface area contributed by atoms with Gasteiger partial charge in [-0.3, -0.25) is 5.10 Å². The van der Waals surface area contributed by atoms with Crippen LogP contribution < -0.4 is 5.32 Å². The van der Waals surface area contributed by atoms with Gasteiger partial charge in [0.25, 0.3) is 0 Å². The van der Waals surface area contributed by atoms with Crippen LogP contribution in [-0.4, -0.2) is 22.2 Å². The number of aryl methyl sites for hydroxylation is 1. The van der Waals surface area contributed by atoms with Gasteiger partial charge in [-0.05, 0) is 25.0 Å². The van der Waals surface area contributed by atoms with Gasteiger partial charge in [-0.1, -0.05) is 6.92 Å². The maximum absolute atomic E-state index is 5.33. The molecule has 2 heterocycles. The smallest absolute Gasteiger partial charge is 0.241 e. The highest BCUT2D eigenvalue weighted by Crippen LogP contribution is 2.22. The second-order valence-electron chi connectivity index (χ2n) is 4.02. The molecule has 2 aromatic rings. The third-order valence-corrected chi connectivity index (χ3v) is 2.93. The molecule has 2 aromatic heterocycles. The number of aromatic amines is 1. The Morgan fingerprint density at radius 1 is 1.53 bits per heavy atom. The van der Waals surface area contributed by atoms with Crippen molar-refractivity contribution in [2.24, 2.45) is 0 Å². The quantitative estimate of drug-likeness (QED) is 0.806. The second-order valence-corrected chi connectivity index (χ2v) is 4.02. The average molecular weight is 234 g/mol. The minimum absolute atomic E-state index is 0.398. The Hall–Kier alpha value is -1.78. The van der Waals surface area contributed by atoms with Crippen LogP contribution in [0, 0.1) is 0 Å². The van der Waals surface area contributed by atoms with E-state index in [1.807, 2.05) is 19.2 Å². The molecular weight excluding hydrogens is 216 g/mol. The summed E-state index contributed by atoms with van der Waals surface area (Å²) in [5, 5.41) is 9.99. The maximum atomic E-state index is 5.33. The summed E-state index contributed by atoms with van der Waals surface area (Å²) in [4.78, 5) is 4.39. The predicted molar refractivity (Wildman–Crippen MR) is 66.0 cm³/mol. The molecule has 0 aliphatic carbocycles. The van der Waals surface area contributed by atoms with Crippen LogP contribution in [0.25, 0.3) is 0 Å². The first-order valence-corrected chi connectivity index (χ1v) is 5.96. The van der Waals surface area contributed by atoms with Crippen LogP contribution in [0.4, 0.5) is 5.95 Å². The molecule has 5 heteroatoms. The van der Waals surface area contributed by atoms with Gasteiger partial charge in [0.05, 0.1) is 6.26 Å². The van der Waals surface area contributed by atoms with Gasteiger partial charge < -0.3 is 9.73 Å². The van der Waals surface area contributed by atoms with Crippen LogP contribution in [0.15, 0.2) is 22.8 Å². The van der Waals surface area contributed by atoms with Crippen molar-refractivity contribution >= 4 is 5.95 Å². The van der Waals surface area contributed by atoms with Crippen molar-refractivity contribution in [3.8, 4) is 0 Å². The molecule has 0 spiro atoms. The van der Waals surface area contributed by atoms with E-state index in [2.05, 4.69) is 27.4 Å². The van der Waals surface area contributed by atoms with Gasteiger partial charge in [-0.2, -0.15) is 4.98 Å². The van der Waals surface area contributed by atoms with Crippen LogP contribution in [0.2, 0.25) is 0 Å². The molecule has 0 aliphatic rings. The molecule has 0 bridgehead atoms. The molecule has 92 valence electrons. The lowest BCUT2D eigenvalue weighted by Gasteiger charge is -2.09. The highest BCUT2D eigenvalue weighted by Gasteiger charge is 2.14. The van der Waals surface area contributed by atoms with E-state index in [-0.39, 0.29) is 0 Å². The Morgan fingerprint density at radius 3 is 3.00 bits per heavy atom. The molecule has 0 aromatic carbocycles. The summed E-state index contributed by atoms with van der Waals surface area (Å²) in [6.45, 7) is 2.16. The normalized spacial score (nSPS) is 12.6. The largest absolute Gasteiger partial charge is 0.469 e. The minimum Gasteiger partial charge on any atom is -0.469 e. The standard InChI is InChI=1S/C12H18N4O/c1-3-9(6-7-10-5-4-8-17-10)11-14-12(13-2)16-15-11/h4-5,8-9H,3,6-7H2,1-2H3,(H2,13,14,15,16). The number of H-pyrrole nitrogens is 1. The van der Waals surface area contributed by atoms with Gasteiger partial charge in [0.2, 0.25) is 5.95 Å². The van der Waals surface area contributed by atoms with Gasteiger partial charge in [-0.25, -0.2) is 0 Å². The number of aromatic nitrogens is 3. The topological polar surface area (TPSA) is 66.7 Å². The van der Waals surface area contributed by atoms with Gasteiger partial charge in [-0.15, -0.1) is 5.10 Å². The van der Waals surface area contributed by atoms with E-state index in [0.29, 0.717) is 11.9 Å². The van der Waals surface area contributed by atoms with Crippen LogP contribution in [0.5, 0.6) is 0 Å². The van der Waals surface area contributed by atoms with E-state index in [4.69, 9.17) is 4.42 Å². The maximum Gasteiger partial charge on any atom is 0.241 e. The van der Waals surface area contributed by atoms with Crippen molar-refractivity contribution in [2.75, 3.05) is 12.4 Å². The number of nitrogens with one attached hydrogen (secondary N) is 2. The number of nitrogens with zero attached hydrogens (tertiary/aromatic N) is 2. The number of hydrogen-bond acceptors (Lipinski definition) is 4. The zero-order chi connectivity index (χ0) is 12.1. The Kier molecular flexibility index (Phi) is 3.80. The lowest BCUT2D eigenvalue weighted by Crippen LogP contribution is -2.02. The molecule has 0 saturated heterocycles. The summed E-state index contributed by atoms with van der Waals surface area (Å²) in [6, 6.07) is 3.93. The molecular formula is C12H18N4O. The van der Waals surface area contributed by atoms with E-state index in [9.17, 15) is 0 Å². The van der Waals surface area contributed by atoms with Crippen LogP contribution >= 0.6 is 0 Å². The summed E-state index contributed by atoms with van der Waals surface area (Å²) in [7, 11) is 1.82. The summed E-state index contributed by atoms with van der Waals surface area (Å²) >= 11 is 0. The van der Waals surface area contributed by atoms with Gasteiger partial charge in [0.1, 0.15) is 11.6 Å². The van der Waals surface area contributed by atoms with E-state index >= 15 is 0 Å². The molecule has 17 heavy (non-hydrogen) atoms. The lowest BCUT2D eigenvalue weighted by atomic mass is 9.99. The fourth-order valence-electron chi connectivity index (χ4n) is 1.87. The SMILES string of the molecule is CCC(CCc1ccco1)c1nc(NC)n[nH]1. The van der Waals surface area contributed by atoms with Crippen molar-refractivity contribution in [1.82, 2.24) is 15.2 Å². The van der Waals surface area contributed by atoms with Crippen molar-refractivity contribution < 1.29 is 4.42 Å². The fourth-order valence-corrected chi connectivity index (χ4v) is 1.87. The summed E-state index contributed by atoms with van der Waals surface area (Å²) in [5.74, 6) is 3.02. The molecule has 2 N–H and O–H groups in total. The van der Waals surface area contributed by atoms with E-state index < -0.39 is 0 Å². The molecule has 1 atom stereocenters. The van der Waals surface area contributed by atoms with Crippen molar-refractivity contribution in [2.45, 2.75) is 32.1 Å². The van der Waals surface area contributed by atoms with Crippen LogP contribution in [-0.2, 0) is 6.42 Å². The lowest BCUT2D eigenvalue weighted by molar-refractivity contribution is 0.477. The minimum atomic E-state index is 0.398. The van der Waals surface area contributed by atoms with Crippen LogP contribution in [0.3, 0.4) is 0 Å². The highest BCUT2D eigenvalue weighted by molar-refractivity contribution is 5.21. The molecule has 5 nitrogen and oxygen atoms in total. The molecule has 0 aliphatic heterocycles. The first-order chi connectivity index (χ1) is 8.33. The van der Waals surface area contributed by atoms with E-state index in [1.54, 1.807) is 6.26 Å². The average Bonchev–Trinajstić information content (AvgIpc) is 3.00. The highest BCUT2D eigenvalue weighted by atomic mass is 16.3. The monoisotopic (exact) mass is 234 g/mol. The third kappa shape index (κ3) is 2.87. The third-order valence-electron chi connectivity index (χ3n) is 2.93. The molecule has 0 saturated carbocycles. The number of anilines is 1. The Bertz CT molecular complexity index is 435. The Balaban J connectivity index is 1.96. The van der Waals surface area contributed by atoms with Gasteiger partial charge in [0.15, 0.2) is 0 Å². The van der Waals surface area contributed by atoms with Crippen molar-refractivity contribution in [3.05, 3.63) is 30.0 Å². The second kappa shape index (κ2) is 5.52. The van der Waals surface area contributed by atoms with Crippen molar-refractivity contribution in [1.29, 1.82) is 0 Å². The summed E-state index contributed by atoms with van der Waals surface area (Å²) < 4.78 is 5.33. The van der Waals surface area contributed by atoms with Crippen molar-refractivity contribution in [3.63, 3.8) is 0 Å². The molecule has 0 amide bonds. The first kappa shape index (κ1) is 11.7. The summed E-state index contributed by atoms with van der Waals surface area (Å²) in [5.41, 5.74) is 0. The van der Waals surface area contributed by atoms with Gasteiger partial charge in [0, 0.05) is 19.4 Å². The number of hydrogen-bond donors (Lipinski definition) is 2. The fraction of sp³-hybridized carbons (Fsp3) is 0.500. The molecule has 1 unspecified atom stereocenters. The van der Waals surface area contributed by atoms with Gasteiger partial charge >= 0.3 is 0 Å². The predicted octanol–water partition coefficient (Wildman–Crippen LogP) is 2.57. The number of rotatable bonds is 6. The van der Waals surface area contributed by atoms with Crippen LogP contribution in [0.1, 0.15) is 37.3 Å². The Labute approximate surface area is 101 Å². The molecule has 2 rings (SSSR count). The summed E-state index contributed by atoms with van der Waals surface area (Å²) in [6.07, 6.45) is 4.70. The zero-order valence-electron chi connectivity index (χ0n) is 10.2. The van der Waals surface area contributed by atoms with E-state index in [1.165, 1.54) is 0 Å².